The van der Waals surface area contributed by atoms with Gasteiger partial charge in [-0.3, -0.25) is 4.79 Å². The summed E-state index contributed by atoms with van der Waals surface area (Å²) in [5.74, 6) is 0.0759. The largest absolute Gasteiger partial charge is 0.496 e. The van der Waals surface area contributed by atoms with Crippen LogP contribution in [0, 0.1) is 0 Å². The van der Waals surface area contributed by atoms with E-state index in [1.54, 1.807) is 18.2 Å². The molecule has 5 heteroatoms. The summed E-state index contributed by atoms with van der Waals surface area (Å²) < 4.78 is 5.16. The van der Waals surface area contributed by atoms with Gasteiger partial charge in [-0.2, -0.15) is 0 Å². The summed E-state index contributed by atoms with van der Waals surface area (Å²) in [6.07, 6.45) is 0. The molecule has 2 aromatic rings. The van der Waals surface area contributed by atoms with Crippen LogP contribution in [0.2, 0.25) is 0 Å². The van der Waals surface area contributed by atoms with Crippen molar-refractivity contribution < 1.29 is 14.6 Å². The SMILES string of the molecule is COc1cc(N)ccc1C(=O)N[C@@H](CO)c1ccccc1. The average Bonchev–Trinajstić information content (AvgIpc) is 2.53. The van der Waals surface area contributed by atoms with Crippen molar-refractivity contribution in [2.75, 3.05) is 19.5 Å². The molecule has 0 radical (unpaired) electrons. The second kappa shape index (κ2) is 6.76. The van der Waals surface area contributed by atoms with E-state index in [-0.39, 0.29) is 12.5 Å². The number of rotatable bonds is 5. The number of methoxy groups -OCH3 is 1. The summed E-state index contributed by atoms with van der Waals surface area (Å²) in [6, 6.07) is 13.6. The first-order valence-electron chi connectivity index (χ1n) is 6.56. The second-order valence-electron chi connectivity index (χ2n) is 4.58. The molecule has 4 N–H and O–H groups in total. The van der Waals surface area contributed by atoms with E-state index in [2.05, 4.69) is 5.32 Å². The molecule has 2 aromatic carbocycles. The number of anilines is 1. The van der Waals surface area contributed by atoms with Crippen molar-refractivity contribution in [2.45, 2.75) is 6.04 Å². The average molecular weight is 286 g/mol. The number of benzene rings is 2. The van der Waals surface area contributed by atoms with Gasteiger partial charge < -0.3 is 20.9 Å². The Morgan fingerprint density at radius 1 is 1.29 bits per heavy atom. The molecule has 110 valence electrons. The predicted molar refractivity (Wildman–Crippen MR) is 81.1 cm³/mol. The van der Waals surface area contributed by atoms with Crippen LogP contribution in [0.5, 0.6) is 5.75 Å². The Morgan fingerprint density at radius 3 is 2.62 bits per heavy atom. The molecule has 0 saturated heterocycles. The highest BCUT2D eigenvalue weighted by Crippen LogP contribution is 2.22. The monoisotopic (exact) mass is 286 g/mol. The van der Waals surface area contributed by atoms with Gasteiger partial charge >= 0.3 is 0 Å². The van der Waals surface area contributed by atoms with E-state index >= 15 is 0 Å². The molecule has 0 bridgehead atoms. The van der Waals surface area contributed by atoms with E-state index in [0.29, 0.717) is 17.0 Å². The van der Waals surface area contributed by atoms with Crippen molar-refractivity contribution in [3.8, 4) is 5.75 Å². The first kappa shape index (κ1) is 14.9. The predicted octanol–water partition coefficient (Wildman–Crippen LogP) is 1.74. The molecular formula is C16H18N2O3. The number of aliphatic hydroxyl groups is 1. The van der Waals surface area contributed by atoms with E-state index in [1.165, 1.54) is 7.11 Å². The summed E-state index contributed by atoms with van der Waals surface area (Å²) in [6.45, 7) is -0.187. The van der Waals surface area contributed by atoms with Gasteiger partial charge in [0, 0.05) is 11.8 Å². The zero-order chi connectivity index (χ0) is 15.2. The van der Waals surface area contributed by atoms with Crippen LogP contribution in [0.25, 0.3) is 0 Å². The molecule has 0 aromatic heterocycles. The molecule has 0 aliphatic rings. The molecule has 2 rings (SSSR count). The Balaban J connectivity index is 2.21. The fourth-order valence-corrected chi connectivity index (χ4v) is 2.05. The van der Waals surface area contributed by atoms with Crippen LogP contribution in [0.3, 0.4) is 0 Å². The van der Waals surface area contributed by atoms with E-state index in [0.717, 1.165) is 5.56 Å². The summed E-state index contributed by atoms with van der Waals surface area (Å²) in [7, 11) is 1.48. The molecule has 0 unspecified atom stereocenters. The summed E-state index contributed by atoms with van der Waals surface area (Å²) >= 11 is 0. The number of nitrogen functional groups attached to an aromatic ring is 1. The van der Waals surface area contributed by atoms with Crippen LogP contribution >= 0.6 is 0 Å². The highest BCUT2D eigenvalue weighted by Gasteiger charge is 2.17. The highest BCUT2D eigenvalue weighted by molar-refractivity contribution is 5.97. The van der Waals surface area contributed by atoms with Crippen molar-refractivity contribution in [3.05, 3.63) is 59.7 Å². The standard InChI is InChI=1S/C16H18N2O3/c1-21-15-9-12(17)7-8-13(15)16(20)18-14(10-19)11-5-3-2-4-6-11/h2-9,14,19H,10,17H2,1H3,(H,18,20)/t14-/m0/s1. The maximum absolute atomic E-state index is 12.3. The molecule has 0 saturated carbocycles. The van der Waals surface area contributed by atoms with Crippen LogP contribution in [-0.2, 0) is 0 Å². The second-order valence-corrected chi connectivity index (χ2v) is 4.58. The lowest BCUT2D eigenvalue weighted by Crippen LogP contribution is -2.31. The third kappa shape index (κ3) is 3.52. The number of hydrogen-bond acceptors (Lipinski definition) is 4. The van der Waals surface area contributed by atoms with E-state index < -0.39 is 6.04 Å². The van der Waals surface area contributed by atoms with Gasteiger partial charge in [-0.25, -0.2) is 0 Å². The van der Waals surface area contributed by atoms with Gasteiger partial charge in [0.05, 0.1) is 25.3 Å². The number of hydrogen-bond donors (Lipinski definition) is 3. The quantitative estimate of drug-likeness (QED) is 0.731. The number of ether oxygens (including phenoxy) is 1. The maximum atomic E-state index is 12.3. The lowest BCUT2D eigenvalue weighted by Gasteiger charge is -2.18. The third-order valence-electron chi connectivity index (χ3n) is 3.16. The van der Waals surface area contributed by atoms with Crippen molar-refractivity contribution in [3.63, 3.8) is 0 Å². The van der Waals surface area contributed by atoms with Gasteiger partial charge in [0.2, 0.25) is 0 Å². The number of aliphatic hydroxyl groups excluding tert-OH is 1. The van der Waals surface area contributed by atoms with Crippen LogP contribution in [0.4, 0.5) is 5.69 Å². The minimum atomic E-state index is -0.471. The van der Waals surface area contributed by atoms with E-state index in [4.69, 9.17) is 10.5 Å². The van der Waals surface area contributed by atoms with Gasteiger partial charge in [-0.1, -0.05) is 30.3 Å². The minimum absolute atomic E-state index is 0.187. The summed E-state index contributed by atoms with van der Waals surface area (Å²) in [5, 5.41) is 12.3. The number of nitrogens with one attached hydrogen (secondary N) is 1. The van der Waals surface area contributed by atoms with Gasteiger partial charge in [-0.05, 0) is 17.7 Å². The summed E-state index contributed by atoms with van der Waals surface area (Å²) in [5.41, 5.74) is 7.40. The maximum Gasteiger partial charge on any atom is 0.255 e. The van der Waals surface area contributed by atoms with Crippen molar-refractivity contribution in [2.24, 2.45) is 0 Å². The van der Waals surface area contributed by atoms with Crippen LogP contribution in [0.15, 0.2) is 48.5 Å². The molecule has 21 heavy (non-hydrogen) atoms. The highest BCUT2D eigenvalue weighted by atomic mass is 16.5. The van der Waals surface area contributed by atoms with Crippen molar-refractivity contribution in [1.29, 1.82) is 0 Å². The molecular weight excluding hydrogens is 268 g/mol. The van der Waals surface area contributed by atoms with Crippen LogP contribution < -0.4 is 15.8 Å². The van der Waals surface area contributed by atoms with Gasteiger partial charge in [-0.15, -0.1) is 0 Å². The topological polar surface area (TPSA) is 84.6 Å². The molecule has 1 amide bonds. The molecule has 0 aliphatic heterocycles. The Hall–Kier alpha value is -2.53. The van der Waals surface area contributed by atoms with Crippen molar-refractivity contribution in [1.82, 2.24) is 5.32 Å². The Bertz CT molecular complexity index is 614. The number of carbonyl (C=O) groups excluding carboxylic acids is 1. The number of amides is 1. The Morgan fingerprint density at radius 2 is 2.00 bits per heavy atom. The smallest absolute Gasteiger partial charge is 0.255 e. The third-order valence-corrected chi connectivity index (χ3v) is 3.16. The zero-order valence-corrected chi connectivity index (χ0v) is 11.7. The molecule has 0 heterocycles. The zero-order valence-electron chi connectivity index (χ0n) is 11.7. The lowest BCUT2D eigenvalue weighted by molar-refractivity contribution is 0.0913. The molecule has 0 aliphatic carbocycles. The molecule has 0 spiro atoms. The fraction of sp³-hybridized carbons (Fsp3) is 0.188. The van der Waals surface area contributed by atoms with E-state index in [9.17, 15) is 9.90 Å². The van der Waals surface area contributed by atoms with Crippen LogP contribution in [0.1, 0.15) is 22.0 Å². The normalized spacial score (nSPS) is 11.7. The molecule has 0 fully saturated rings. The Kier molecular flexibility index (Phi) is 4.79. The first-order valence-corrected chi connectivity index (χ1v) is 6.56. The van der Waals surface area contributed by atoms with E-state index in [1.807, 2.05) is 30.3 Å². The summed E-state index contributed by atoms with van der Waals surface area (Å²) in [4.78, 5) is 12.3. The van der Waals surface area contributed by atoms with Gasteiger partial charge in [0.15, 0.2) is 0 Å². The fourth-order valence-electron chi connectivity index (χ4n) is 2.05. The number of nitrogens with two attached hydrogens (primary N) is 1. The molecule has 5 nitrogen and oxygen atoms in total. The first-order chi connectivity index (χ1) is 10.2. The Labute approximate surface area is 123 Å². The van der Waals surface area contributed by atoms with Crippen LogP contribution in [-0.4, -0.2) is 24.7 Å². The number of carbonyl (C=O) groups is 1. The lowest BCUT2D eigenvalue weighted by atomic mass is 10.1. The van der Waals surface area contributed by atoms with Crippen molar-refractivity contribution >= 4 is 11.6 Å². The van der Waals surface area contributed by atoms with Gasteiger partial charge in [0.25, 0.3) is 5.91 Å². The minimum Gasteiger partial charge on any atom is -0.496 e. The van der Waals surface area contributed by atoms with Gasteiger partial charge in [0.1, 0.15) is 5.75 Å². The molecule has 1 atom stereocenters.